The molecule has 0 aliphatic carbocycles. The van der Waals surface area contributed by atoms with Gasteiger partial charge < -0.3 is 14.2 Å². The smallest absolute Gasteiger partial charge is 0.356 e. The number of amides is 1. The Morgan fingerprint density at radius 3 is 2.38 bits per heavy atom. The third-order valence-electron chi connectivity index (χ3n) is 6.14. The summed E-state index contributed by atoms with van der Waals surface area (Å²) in [6.45, 7) is 0.120. The number of nitrogens with zero attached hydrogens (tertiary/aromatic N) is 2. The molecule has 2 heterocycles. The number of hydrogen-bond donors (Lipinski definition) is 0. The minimum absolute atomic E-state index is 0.0839. The number of carbonyl (C=O) groups excluding carboxylic acids is 2. The lowest BCUT2D eigenvalue weighted by molar-refractivity contribution is -0.121. The largest absolute Gasteiger partial charge is 0.451 e. The van der Waals surface area contributed by atoms with E-state index in [0.717, 1.165) is 17.7 Å². The highest BCUT2D eigenvalue weighted by molar-refractivity contribution is 6.30. The fourth-order valence-corrected chi connectivity index (χ4v) is 4.61. The molecule has 0 fully saturated rings. The van der Waals surface area contributed by atoms with Crippen molar-refractivity contribution in [1.29, 1.82) is 0 Å². The highest BCUT2D eigenvalue weighted by Crippen LogP contribution is 2.32. The number of para-hydroxylation sites is 1. The van der Waals surface area contributed by atoms with E-state index in [9.17, 15) is 14.4 Å². The minimum atomic E-state index is -0.740. The first-order chi connectivity index (χ1) is 16.5. The number of benzene rings is 3. The predicted octanol–water partition coefficient (Wildman–Crippen LogP) is 4.61. The van der Waals surface area contributed by atoms with Crippen molar-refractivity contribution in [2.24, 2.45) is 7.05 Å². The number of carbonyl (C=O) groups is 2. The summed E-state index contributed by atoms with van der Waals surface area (Å²) in [6.07, 6.45) is 0.760. The zero-order valence-electron chi connectivity index (χ0n) is 18.5. The first kappa shape index (κ1) is 21.9. The molecule has 4 aromatic rings. The Kier molecular flexibility index (Phi) is 5.67. The molecule has 5 rings (SSSR count). The topological polar surface area (TPSA) is 68.6 Å². The second-order valence-electron chi connectivity index (χ2n) is 8.14. The SMILES string of the molecule is Cn1c(C(=O)OCC(=O)N2CCc3ccccc32)c(-c2ccc(Cl)cc2)c2ccccc2c1=O. The fourth-order valence-electron chi connectivity index (χ4n) is 4.48. The Balaban J connectivity index is 1.52. The second-order valence-corrected chi connectivity index (χ2v) is 8.58. The van der Waals surface area contributed by atoms with Crippen molar-refractivity contribution in [3.05, 3.63) is 99.4 Å². The Labute approximate surface area is 201 Å². The van der Waals surface area contributed by atoms with Crippen LogP contribution in [0, 0.1) is 0 Å². The quantitative estimate of drug-likeness (QED) is 0.407. The number of ether oxygens (including phenoxy) is 1. The van der Waals surface area contributed by atoms with E-state index >= 15 is 0 Å². The zero-order valence-corrected chi connectivity index (χ0v) is 19.2. The normalized spacial score (nSPS) is 12.6. The lowest BCUT2D eigenvalue weighted by atomic mass is 9.97. The molecule has 7 heteroatoms. The van der Waals surface area contributed by atoms with Crippen LogP contribution in [0.4, 0.5) is 5.69 Å². The standard InChI is InChI=1S/C27H21ClN2O4/c1-29-25(27(33)34-16-23(31)30-15-14-17-6-2-5-9-22(17)30)24(18-10-12-19(28)13-11-18)20-7-3-4-8-21(20)26(29)32/h2-13H,14-16H2,1H3. The van der Waals surface area contributed by atoms with Crippen molar-refractivity contribution in [3.63, 3.8) is 0 Å². The van der Waals surface area contributed by atoms with Crippen molar-refractivity contribution in [2.75, 3.05) is 18.1 Å². The highest BCUT2D eigenvalue weighted by atomic mass is 35.5. The summed E-state index contributed by atoms with van der Waals surface area (Å²) in [5.41, 5.74) is 2.95. The van der Waals surface area contributed by atoms with E-state index in [2.05, 4.69) is 0 Å². The van der Waals surface area contributed by atoms with Crippen LogP contribution < -0.4 is 10.5 Å². The van der Waals surface area contributed by atoms with E-state index in [4.69, 9.17) is 16.3 Å². The number of halogens is 1. The Morgan fingerprint density at radius 1 is 0.941 bits per heavy atom. The van der Waals surface area contributed by atoms with Crippen LogP contribution in [0.15, 0.2) is 77.6 Å². The summed E-state index contributed by atoms with van der Waals surface area (Å²) in [6, 6.07) is 21.8. The Bertz CT molecular complexity index is 1490. The molecule has 0 atom stereocenters. The van der Waals surface area contributed by atoms with E-state index in [1.165, 1.54) is 11.6 Å². The van der Waals surface area contributed by atoms with Gasteiger partial charge in [0, 0.05) is 35.3 Å². The lowest BCUT2D eigenvalue weighted by Gasteiger charge is -2.19. The molecule has 3 aromatic carbocycles. The number of hydrogen-bond acceptors (Lipinski definition) is 4. The zero-order chi connectivity index (χ0) is 23.8. The maximum atomic E-state index is 13.3. The highest BCUT2D eigenvalue weighted by Gasteiger charge is 2.27. The summed E-state index contributed by atoms with van der Waals surface area (Å²) in [5.74, 6) is -1.05. The molecule has 170 valence electrons. The van der Waals surface area contributed by atoms with E-state index in [-0.39, 0.29) is 17.2 Å². The molecule has 0 saturated heterocycles. The number of rotatable bonds is 4. The van der Waals surface area contributed by atoms with Gasteiger partial charge in [-0.2, -0.15) is 0 Å². The molecule has 0 N–H and O–H groups in total. The van der Waals surface area contributed by atoms with Crippen LogP contribution in [0.5, 0.6) is 0 Å². The van der Waals surface area contributed by atoms with Crippen molar-refractivity contribution in [3.8, 4) is 11.1 Å². The van der Waals surface area contributed by atoms with E-state index in [1.54, 1.807) is 47.4 Å². The Morgan fingerprint density at radius 2 is 1.62 bits per heavy atom. The first-order valence-electron chi connectivity index (χ1n) is 10.9. The molecule has 6 nitrogen and oxygen atoms in total. The molecule has 0 saturated carbocycles. The lowest BCUT2D eigenvalue weighted by Crippen LogP contribution is -2.34. The molecule has 1 aliphatic heterocycles. The summed E-state index contributed by atoms with van der Waals surface area (Å²) < 4.78 is 6.75. The van der Waals surface area contributed by atoms with Gasteiger partial charge in [0.05, 0.1) is 0 Å². The van der Waals surface area contributed by atoms with Crippen molar-refractivity contribution >= 4 is 39.9 Å². The van der Waals surface area contributed by atoms with Crippen LogP contribution in [0.25, 0.3) is 21.9 Å². The molecule has 34 heavy (non-hydrogen) atoms. The maximum Gasteiger partial charge on any atom is 0.356 e. The van der Waals surface area contributed by atoms with E-state index in [0.29, 0.717) is 33.5 Å². The van der Waals surface area contributed by atoms with Gasteiger partial charge >= 0.3 is 5.97 Å². The summed E-state index contributed by atoms with van der Waals surface area (Å²) in [4.78, 5) is 40.8. The van der Waals surface area contributed by atoms with Gasteiger partial charge in [-0.3, -0.25) is 9.59 Å². The number of esters is 1. The molecule has 0 radical (unpaired) electrons. The maximum absolute atomic E-state index is 13.3. The molecule has 0 spiro atoms. The fraction of sp³-hybridized carbons (Fsp3) is 0.148. The molecule has 1 aliphatic rings. The third kappa shape index (κ3) is 3.76. The summed E-state index contributed by atoms with van der Waals surface area (Å²) >= 11 is 6.07. The average molecular weight is 473 g/mol. The van der Waals surface area contributed by atoms with Crippen LogP contribution in [0.2, 0.25) is 5.02 Å². The summed E-state index contributed by atoms with van der Waals surface area (Å²) in [7, 11) is 1.53. The van der Waals surface area contributed by atoms with Crippen molar-refractivity contribution in [2.45, 2.75) is 6.42 Å². The van der Waals surface area contributed by atoms with Gasteiger partial charge in [-0.05, 0) is 47.2 Å². The van der Waals surface area contributed by atoms with Gasteiger partial charge in [-0.1, -0.05) is 60.1 Å². The van der Waals surface area contributed by atoms with Crippen molar-refractivity contribution in [1.82, 2.24) is 4.57 Å². The minimum Gasteiger partial charge on any atom is -0.451 e. The van der Waals surface area contributed by atoms with Crippen LogP contribution in [0.1, 0.15) is 16.1 Å². The number of pyridine rings is 1. The van der Waals surface area contributed by atoms with Crippen molar-refractivity contribution < 1.29 is 14.3 Å². The molecule has 1 aromatic heterocycles. The molecule has 0 bridgehead atoms. The average Bonchev–Trinajstić information content (AvgIpc) is 3.29. The van der Waals surface area contributed by atoms with Crippen LogP contribution in [-0.2, 0) is 23.0 Å². The second kappa shape index (κ2) is 8.80. The molecule has 1 amide bonds. The predicted molar refractivity (Wildman–Crippen MR) is 132 cm³/mol. The number of fused-ring (bicyclic) bond motifs is 2. The van der Waals surface area contributed by atoms with Crippen LogP contribution in [0.3, 0.4) is 0 Å². The first-order valence-corrected chi connectivity index (χ1v) is 11.3. The third-order valence-corrected chi connectivity index (χ3v) is 6.40. The van der Waals surface area contributed by atoms with Crippen LogP contribution in [-0.4, -0.2) is 29.6 Å². The molecular weight excluding hydrogens is 452 g/mol. The molecular formula is C27H21ClN2O4. The van der Waals surface area contributed by atoms with Gasteiger partial charge in [0.25, 0.3) is 11.5 Å². The van der Waals surface area contributed by atoms with E-state index in [1.807, 2.05) is 30.3 Å². The van der Waals surface area contributed by atoms with Gasteiger partial charge in [-0.25, -0.2) is 4.79 Å². The number of aromatic nitrogens is 1. The van der Waals surface area contributed by atoms with Gasteiger partial charge in [-0.15, -0.1) is 0 Å². The van der Waals surface area contributed by atoms with Gasteiger partial charge in [0.15, 0.2) is 6.61 Å². The number of anilines is 1. The Hall–Kier alpha value is -3.90. The summed E-state index contributed by atoms with van der Waals surface area (Å²) in [5, 5.41) is 1.66. The van der Waals surface area contributed by atoms with Gasteiger partial charge in [0.2, 0.25) is 0 Å². The van der Waals surface area contributed by atoms with Crippen LogP contribution >= 0.6 is 11.6 Å². The monoisotopic (exact) mass is 472 g/mol. The van der Waals surface area contributed by atoms with E-state index < -0.39 is 12.6 Å². The molecule has 0 unspecified atom stereocenters. The van der Waals surface area contributed by atoms with Gasteiger partial charge in [0.1, 0.15) is 5.69 Å².